The van der Waals surface area contributed by atoms with Gasteiger partial charge in [-0.2, -0.15) is 0 Å². The lowest BCUT2D eigenvalue weighted by Gasteiger charge is -2.30. The van der Waals surface area contributed by atoms with Crippen LogP contribution in [0.3, 0.4) is 0 Å². The molecule has 4 heteroatoms. The zero-order valence-electron chi connectivity index (χ0n) is 11.3. The number of nitrogens with zero attached hydrogens (tertiary/aromatic N) is 2. The number of carbonyl (C=O) groups is 1. The standard InChI is InChI=1S/C13H27N3O/c1-3-15(11-12(2)10-14)13(17)16-8-6-4-5-7-9-16/h12H,3-11,14H2,1-2H3. The van der Waals surface area contributed by atoms with Gasteiger partial charge in [-0.15, -0.1) is 0 Å². The summed E-state index contributed by atoms with van der Waals surface area (Å²) in [5.41, 5.74) is 5.63. The van der Waals surface area contributed by atoms with E-state index in [1.807, 2.05) is 16.7 Å². The van der Waals surface area contributed by atoms with Gasteiger partial charge in [-0.1, -0.05) is 19.8 Å². The minimum Gasteiger partial charge on any atom is -0.330 e. The molecule has 1 aliphatic heterocycles. The first-order valence-electron chi connectivity index (χ1n) is 6.93. The zero-order valence-corrected chi connectivity index (χ0v) is 11.3. The fourth-order valence-electron chi connectivity index (χ4n) is 2.26. The number of likely N-dealkylation sites (tertiary alicyclic amines) is 1. The fraction of sp³-hybridized carbons (Fsp3) is 0.923. The summed E-state index contributed by atoms with van der Waals surface area (Å²) in [6.45, 7) is 8.18. The Hall–Kier alpha value is -0.770. The molecule has 1 heterocycles. The van der Waals surface area contributed by atoms with Crippen LogP contribution in [0, 0.1) is 5.92 Å². The van der Waals surface area contributed by atoms with Gasteiger partial charge in [0.15, 0.2) is 0 Å². The first-order valence-corrected chi connectivity index (χ1v) is 6.93. The molecule has 0 aliphatic carbocycles. The van der Waals surface area contributed by atoms with Crippen molar-refractivity contribution in [2.75, 3.05) is 32.7 Å². The minimum atomic E-state index is 0.203. The Labute approximate surface area is 105 Å². The molecule has 0 bridgehead atoms. The van der Waals surface area contributed by atoms with Crippen molar-refractivity contribution in [3.05, 3.63) is 0 Å². The summed E-state index contributed by atoms with van der Waals surface area (Å²) in [6, 6.07) is 0.203. The van der Waals surface area contributed by atoms with Gasteiger partial charge in [-0.3, -0.25) is 0 Å². The molecule has 0 aromatic heterocycles. The molecule has 0 aromatic carbocycles. The second-order valence-corrected chi connectivity index (χ2v) is 5.06. The van der Waals surface area contributed by atoms with Gasteiger partial charge in [0.25, 0.3) is 0 Å². The van der Waals surface area contributed by atoms with Gasteiger partial charge in [0.1, 0.15) is 0 Å². The number of carbonyl (C=O) groups excluding carboxylic acids is 1. The predicted molar refractivity (Wildman–Crippen MR) is 70.9 cm³/mol. The van der Waals surface area contributed by atoms with Gasteiger partial charge in [-0.05, 0) is 32.2 Å². The highest BCUT2D eigenvalue weighted by atomic mass is 16.2. The van der Waals surface area contributed by atoms with Crippen molar-refractivity contribution in [2.24, 2.45) is 11.7 Å². The van der Waals surface area contributed by atoms with Crippen LogP contribution in [-0.2, 0) is 0 Å². The topological polar surface area (TPSA) is 49.6 Å². The molecule has 0 saturated carbocycles. The SMILES string of the molecule is CCN(CC(C)CN)C(=O)N1CCCCCC1. The number of hydrogen-bond acceptors (Lipinski definition) is 2. The zero-order chi connectivity index (χ0) is 12.7. The van der Waals surface area contributed by atoms with Crippen LogP contribution < -0.4 is 5.73 Å². The fourth-order valence-corrected chi connectivity index (χ4v) is 2.26. The highest BCUT2D eigenvalue weighted by Crippen LogP contribution is 2.12. The lowest BCUT2D eigenvalue weighted by molar-refractivity contribution is 0.150. The molecule has 0 aromatic rings. The molecule has 1 unspecified atom stereocenters. The molecule has 0 radical (unpaired) electrons. The van der Waals surface area contributed by atoms with Crippen LogP contribution >= 0.6 is 0 Å². The maximum atomic E-state index is 12.3. The van der Waals surface area contributed by atoms with Crippen molar-refractivity contribution in [3.8, 4) is 0 Å². The molecule has 17 heavy (non-hydrogen) atoms. The van der Waals surface area contributed by atoms with Crippen molar-refractivity contribution in [1.29, 1.82) is 0 Å². The largest absolute Gasteiger partial charge is 0.330 e. The number of amides is 2. The quantitative estimate of drug-likeness (QED) is 0.817. The van der Waals surface area contributed by atoms with Crippen LogP contribution in [-0.4, -0.2) is 48.6 Å². The molecule has 0 spiro atoms. The first-order chi connectivity index (χ1) is 8.19. The van der Waals surface area contributed by atoms with Gasteiger partial charge >= 0.3 is 6.03 Å². The van der Waals surface area contributed by atoms with Crippen LogP contribution in [0.1, 0.15) is 39.5 Å². The van der Waals surface area contributed by atoms with E-state index in [0.29, 0.717) is 12.5 Å². The predicted octanol–water partition coefficient (Wildman–Crippen LogP) is 1.90. The third-order valence-electron chi connectivity index (χ3n) is 3.46. The van der Waals surface area contributed by atoms with Crippen LogP contribution in [0.15, 0.2) is 0 Å². The maximum Gasteiger partial charge on any atom is 0.319 e. The first kappa shape index (κ1) is 14.3. The Kier molecular flexibility index (Phi) is 6.34. The number of hydrogen-bond donors (Lipinski definition) is 1. The van der Waals surface area contributed by atoms with Gasteiger partial charge in [-0.25, -0.2) is 4.79 Å². The lowest BCUT2D eigenvalue weighted by atomic mass is 10.2. The van der Waals surface area contributed by atoms with Crippen molar-refractivity contribution < 1.29 is 4.79 Å². The van der Waals surface area contributed by atoms with Crippen LogP contribution in [0.5, 0.6) is 0 Å². The molecule has 1 rings (SSSR count). The van der Waals surface area contributed by atoms with E-state index in [1.165, 1.54) is 12.8 Å². The van der Waals surface area contributed by atoms with E-state index < -0.39 is 0 Å². The van der Waals surface area contributed by atoms with Crippen LogP contribution in [0.25, 0.3) is 0 Å². The highest BCUT2D eigenvalue weighted by molar-refractivity contribution is 5.74. The summed E-state index contributed by atoms with van der Waals surface area (Å²) in [5, 5.41) is 0. The summed E-state index contributed by atoms with van der Waals surface area (Å²) in [4.78, 5) is 16.3. The lowest BCUT2D eigenvalue weighted by Crippen LogP contribution is -2.45. The second-order valence-electron chi connectivity index (χ2n) is 5.06. The van der Waals surface area contributed by atoms with Crippen LogP contribution in [0.4, 0.5) is 4.79 Å². The van der Waals surface area contributed by atoms with Crippen molar-refractivity contribution in [3.63, 3.8) is 0 Å². The molecule has 2 amide bonds. The van der Waals surface area contributed by atoms with E-state index in [9.17, 15) is 4.79 Å². The van der Waals surface area contributed by atoms with E-state index in [0.717, 1.165) is 39.0 Å². The summed E-state index contributed by atoms with van der Waals surface area (Å²) in [5.74, 6) is 0.380. The molecule has 1 aliphatic rings. The van der Waals surface area contributed by atoms with Gasteiger partial charge in [0.2, 0.25) is 0 Å². The van der Waals surface area contributed by atoms with Crippen molar-refractivity contribution >= 4 is 6.03 Å². The van der Waals surface area contributed by atoms with Gasteiger partial charge in [0, 0.05) is 26.2 Å². The van der Waals surface area contributed by atoms with Crippen molar-refractivity contribution in [1.82, 2.24) is 9.80 Å². The smallest absolute Gasteiger partial charge is 0.319 e. The van der Waals surface area contributed by atoms with E-state index in [-0.39, 0.29) is 6.03 Å². The molecule has 4 nitrogen and oxygen atoms in total. The Morgan fingerprint density at radius 3 is 2.35 bits per heavy atom. The Morgan fingerprint density at radius 1 is 1.29 bits per heavy atom. The molecule has 2 N–H and O–H groups in total. The monoisotopic (exact) mass is 241 g/mol. The van der Waals surface area contributed by atoms with E-state index in [2.05, 4.69) is 6.92 Å². The average Bonchev–Trinajstić information content (AvgIpc) is 2.63. The Morgan fingerprint density at radius 2 is 1.88 bits per heavy atom. The van der Waals surface area contributed by atoms with Crippen LogP contribution in [0.2, 0.25) is 0 Å². The van der Waals surface area contributed by atoms with E-state index in [1.54, 1.807) is 0 Å². The van der Waals surface area contributed by atoms with Gasteiger partial charge in [0.05, 0.1) is 0 Å². The van der Waals surface area contributed by atoms with Gasteiger partial charge < -0.3 is 15.5 Å². The number of urea groups is 1. The summed E-state index contributed by atoms with van der Waals surface area (Å²) in [7, 11) is 0. The summed E-state index contributed by atoms with van der Waals surface area (Å²) >= 11 is 0. The maximum absolute atomic E-state index is 12.3. The van der Waals surface area contributed by atoms with E-state index >= 15 is 0 Å². The van der Waals surface area contributed by atoms with E-state index in [4.69, 9.17) is 5.73 Å². The molecular formula is C13H27N3O. The number of rotatable bonds is 4. The Bertz CT molecular complexity index is 225. The second kappa shape index (κ2) is 7.54. The molecular weight excluding hydrogens is 214 g/mol. The normalized spacial score (nSPS) is 18.6. The highest BCUT2D eigenvalue weighted by Gasteiger charge is 2.21. The molecule has 1 saturated heterocycles. The molecule has 1 atom stereocenters. The minimum absolute atomic E-state index is 0.203. The average molecular weight is 241 g/mol. The molecule has 100 valence electrons. The summed E-state index contributed by atoms with van der Waals surface area (Å²) < 4.78 is 0. The van der Waals surface area contributed by atoms with Crippen molar-refractivity contribution in [2.45, 2.75) is 39.5 Å². The number of nitrogens with two attached hydrogens (primary N) is 1. The summed E-state index contributed by atoms with van der Waals surface area (Å²) in [6.07, 6.45) is 4.82. The third kappa shape index (κ3) is 4.54. The molecule has 1 fully saturated rings. The Balaban J connectivity index is 2.51. The third-order valence-corrected chi connectivity index (χ3v) is 3.46.